The molecule has 0 N–H and O–H groups in total. The second kappa shape index (κ2) is 7.44. The fourth-order valence-corrected chi connectivity index (χ4v) is 3.22. The third-order valence-electron chi connectivity index (χ3n) is 4.88. The minimum Gasteiger partial charge on any atom is -0.544 e. The van der Waals surface area contributed by atoms with E-state index < -0.39 is 8.32 Å². The summed E-state index contributed by atoms with van der Waals surface area (Å²) in [5.74, 6) is 1.73. The van der Waals surface area contributed by atoms with E-state index in [0.29, 0.717) is 12.0 Å². The maximum Gasteiger partial charge on any atom is 0.250 e. The van der Waals surface area contributed by atoms with E-state index in [9.17, 15) is 4.79 Å². The molecule has 0 aliphatic rings. The highest BCUT2D eigenvalue weighted by Gasteiger charge is 2.38. The molecule has 134 valence electrons. The fourth-order valence-electron chi connectivity index (χ4n) is 2.19. The predicted molar refractivity (Wildman–Crippen MR) is 105 cm³/mol. The number of benzene rings is 2. The third kappa shape index (κ3) is 4.95. The first kappa shape index (κ1) is 19.3. The molecule has 0 unspecified atom stereocenters. The summed E-state index contributed by atoms with van der Waals surface area (Å²) in [5.41, 5.74) is 1.69. The average Bonchev–Trinajstić information content (AvgIpc) is 2.55. The van der Waals surface area contributed by atoms with Crippen LogP contribution in [0.3, 0.4) is 0 Å². The van der Waals surface area contributed by atoms with Crippen molar-refractivity contribution in [3.05, 3.63) is 59.7 Å². The van der Waals surface area contributed by atoms with Crippen LogP contribution in [0.4, 0.5) is 0 Å². The third-order valence-corrected chi connectivity index (χ3v) is 9.24. The molecular weight excluding hydrogens is 328 g/mol. The lowest BCUT2D eigenvalue weighted by Gasteiger charge is -2.36. The maximum atomic E-state index is 12.4. The molecule has 0 aliphatic carbocycles. The zero-order chi connectivity index (χ0) is 18.7. The normalized spacial score (nSPS) is 11.9. The van der Waals surface area contributed by atoms with Crippen LogP contribution >= 0.6 is 0 Å². The first-order chi connectivity index (χ1) is 11.6. The van der Waals surface area contributed by atoms with Crippen molar-refractivity contribution >= 4 is 14.1 Å². The molecule has 0 aromatic heterocycles. The zero-order valence-electron chi connectivity index (χ0n) is 16.1. The number of hydrogen-bond donors (Lipinski definition) is 0. The highest BCUT2D eigenvalue weighted by molar-refractivity contribution is 6.74. The zero-order valence-corrected chi connectivity index (χ0v) is 17.1. The smallest absolute Gasteiger partial charge is 0.250 e. The predicted octanol–water partition coefficient (Wildman–Crippen LogP) is 5.50. The Hall–Kier alpha value is -2.07. The quantitative estimate of drug-likeness (QED) is 0.506. The topological polar surface area (TPSA) is 35.5 Å². The Kier molecular flexibility index (Phi) is 5.73. The van der Waals surface area contributed by atoms with Crippen molar-refractivity contribution in [2.75, 3.05) is 7.11 Å². The first-order valence-electron chi connectivity index (χ1n) is 8.57. The summed E-state index contributed by atoms with van der Waals surface area (Å²) in [5, 5.41) is 0.163. The summed E-state index contributed by atoms with van der Waals surface area (Å²) in [7, 11) is -0.220. The minimum atomic E-state index is -1.84. The second-order valence-electron chi connectivity index (χ2n) is 7.83. The summed E-state index contributed by atoms with van der Waals surface area (Å²) < 4.78 is 11.4. The van der Waals surface area contributed by atoms with E-state index in [0.717, 1.165) is 17.1 Å². The van der Waals surface area contributed by atoms with E-state index in [4.69, 9.17) is 9.16 Å². The lowest BCUT2D eigenvalue weighted by Crippen LogP contribution is -2.43. The molecule has 0 spiro atoms. The molecule has 2 aromatic carbocycles. The molecule has 2 aromatic rings. The SMILES string of the molecule is COc1ccc(C(=O)Cc2ccc(O[Si](C)(C)C(C)(C)C)cc2)cc1. The van der Waals surface area contributed by atoms with Crippen molar-refractivity contribution in [3.8, 4) is 11.5 Å². The Labute approximate surface area is 152 Å². The van der Waals surface area contributed by atoms with Crippen LogP contribution in [0.1, 0.15) is 36.7 Å². The number of hydrogen-bond acceptors (Lipinski definition) is 3. The van der Waals surface area contributed by atoms with Gasteiger partial charge >= 0.3 is 0 Å². The summed E-state index contributed by atoms with van der Waals surface area (Å²) >= 11 is 0. The molecule has 4 heteroatoms. The number of methoxy groups -OCH3 is 1. The van der Waals surface area contributed by atoms with Crippen molar-refractivity contribution in [1.82, 2.24) is 0 Å². The van der Waals surface area contributed by atoms with Crippen LogP contribution in [0.15, 0.2) is 48.5 Å². The van der Waals surface area contributed by atoms with E-state index in [1.165, 1.54) is 0 Å². The number of carbonyl (C=O) groups is 1. The van der Waals surface area contributed by atoms with Gasteiger partial charge in [0.2, 0.25) is 8.32 Å². The number of Topliss-reactive ketones (excluding diaryl/α,β-unsaturated/α-hetero) is 1. The van der Waals surface area contributed by atoms with E-state index in [-0.39, 0.29) is 10.8 Å². The van der Waals surface area contributed by atoms with Gasteiger partial charge in [-0.05, 0) is 60.1 Å². The van der Waals surface area contributed by atoms with Gasteiger partial charge in [0.05, 0.1) is 7.11 Å². The number of rotatable bonds is 6. The van der Waals surface area contributed by atoms with Crippen LogP contribution in [0, 0.1) is 0 Å². The highest BCUT2D eigenvalue weighted by Crippen LogP contribution is 2.37. The van der Waals surface area contributed by atoms with E-state index >= 15 is 0 Å². The van der Waals surface area contributed by atoms with Gasteiger partial charge in [0.15, 0.2) is 5.78 Å². The average molecular weight is 357 g/mol. The van der Waals surface area contributed by atoms with Crippen molar-refractivity contribution in [2.45, 2.75) is 45.3 Å². The van der Waals surface area contributed by atoms with Crippen molar-refractivity contribution in [3.63, 3.8) is 0 Å². The fraction of sp³-hybridized carbons (Fsp3) is 0.381. The molecule has 0 atom stereocenters. The molecule has 0 aliphatic heterocycles. The minimum absolute atomic E-state index is 0.0979. The van der Waals surface area contributed by atoms with Crippen molar-refractivity contribution < 1.29 is 14.0 Å². The van der Waals surface area contributed by atoms with Gasteiger partial charge in [-0.2, -0.15) is 0 Å². The summed E-state index contributed by atoms with van der Waals surface area (Å²) in [4.78, 5) is 12.4. The Bertz CT molecular complexity index is 710. The Balaban J connectivity index is 2.03. The van der Waals surface area contributed by atoms with E-state index in [2.05, 4.69) is 33.9 Å². The maximum absolute atomic E-state index is 12.4. The number of ether oxygens (including phenoxy) is 1. The van der Waals surface area contributed by atoms with Crippen LogP contribution in [0.25, 0.3) is 0 Å². The molecule has 0 amide bonds. The van der Waals surface area contributed by atoms with E-state index in [1.54, 1.807) is 19.2 Å². The van der Waals surface area contributed by atoms with Gasteiger partial charge in [-0.1, -0.05) is 32.9 Å². The van der Waals surface area contributed by atoms with Gasteiger partial charge < -0.3 is 9.16 Å². The molecule has 3 nitrogen and oxygen atoms in total. The van der Waals surface area contributed by atoms with Crippen LogP contribution in [0.5, 0.6) is 11.5 Å². The van der Waals surface area contributed by atoms with Gasteiger partial charge in [-0.25, -0.2) is 0 Å². The molecule has 0 heterocycles. The molecule has 0 fully saturated rings. The van der Waals surface area contributed by atoms with Gasteiger partial charge in [-0.15, -0.1) is 0 Å². The standard InChI is InChI=1S/C21H28O3Si/c1-21(2,3)25(5,6)24-19-11-7-16(8-12-19)15-20(22)17-9-13-18(23-4)14-10-17/h7-14H,15H2,1-6H3. The van der Waals surface area contributed by atoms with Gasteiger partial charge in [0, 0.05) is 12.0 Å². The van der Waals surface area contributed by atoms with Crippen LogP contribution in [-0.2, 0) is 6.42 Å². The summed E-state index contributed by atoms with van der Waals surface area (Å²) in [6.45, 7) is 11.1. The molecule has 0 bridgehead atoms. The summed E-state index contributed by atoms with van der Waals surface area (Å²) in [6, 6.07) is 15.1. The Morgan fingerprint density at radius 2 is 1.44 bits per heavy atom. The summed E-state index contributed by atoms with van der Waals surface area (Å²) in [6.07, 6.45) is 0.382. The van der Waals surface area contributed by atoms with Gasteiger partial charge in [-0.3, -0.25) is 4.79 Å². The highest BCUT2D eigenvalue weighted by atomic mass is 28.4. The van der Waals surface area contributed by atoms with Gasteiger partial charge in [0.25, 0.3) is 0 Å². The molecular formula is C21H28O3Si. The van der Waals surface area contributed by atoms with Crippen LogP contribution in [0.2, 0.25) is 18.1 Å². The molecule has 0 radical (unpaired) electrons. The van der Waals surface area contributed by atoms with Gasteiger partial charge in [0.1, 0.15) is 11.5 Å². The Morgan fingerprint density at radius 3 is 1.92 bits per heavy atom. The first-order valence-corrected chi connectivity index (χ1v) is 11.5. The number of carbonyl (C=O) groups excluding carboxylic acids is 1. The van der Waals surface area contributed by atoms with Crippen LogP contribution in [-0.4, -0.2) is 21.2 Å². The molecule has 0 saturated heterocycles. The largest absolute Gasteiger partial charge is 0.544 e. The Morgan fingerprint density at radius 1 is 0.920 bits per heavy atom. The van der Waals surface area contributed by atoms with Crippen molar-refractivity contribution in [2.24, 2.45) is 0 Å². The van der Waals surface area contributed by atoms with E-state index in [1.807, 2.05) is 36.4 Å². The monoisotopic (exact) mass is 356 g/mol. The lowest BCUT2D eigenvalue weighted by molar-refractivity contribution is 0.0993. The second-order valence-corrected chi connectivity index (χ2v) is 12.6. The number of ketones is 1. The van der Waals surface area contributed by atoms with Crippen molar-refractivity contribution in [1.29, 1.82) is 0 Å². The lowest BCUT2D eigenvalue weighted by atomic mass is 10.0. The molecule has 0 saturated carbocycles. The molecule has 25 heavy (non-hydrogen) atoms. The van der Waals surface area contributed by atoms with Crippen LogP contribution < -0.4 is 9.16 Å². The molecule has 2 rings (SSSR count).